The lowest BCUT2D eigenvalue weighted by Crippen LogP contribution is -2.45. The van der Waals surface area contributed by atoms with Crippen LogP contribution in [0.15, 0.2) is 0 Å². The number of nitrogens with one attached hydrogen (secondary N) is 2. The SMILES string of the molecule is O=C(CSC1CCNCC1)N[C@H]1CCCC[C@@H]1O. The number of carbonyl (C=O) groups is 1. The van der Waals surface area contributed by atoms with Crippen molar-refractivity contribution < 1.29 is 9.90 Å². The maximum Gasteiger partial charge on any atom is 0.230 e. The molecule has 1 aliphatic heterocycles. The molecule has 0 radical (unpaired) electrons. The highest BCUT2D eigenvalue weighted by molar-refractivity contribution is 8.00. The van der Waals surface area contributed by atoms with E-state index in [1.807, 2.05) is 0 Å². The minimum Gasteiger partial charge on any atom is -0.391 e. The number of rotatable bonds is 4. The highest BCUT2D eigenvalue weighted by atomic mass is 32.2. The van der Waals surface area contributed by atoms with Gasteiger partial charge in [-0.25, -0.2) is 0 Å². The first-order chi connectivity index (χ1) is 8.75. The fourth-order valence-electron chi connectivity index (χ4n) is 2.68. The summed E-state index contributed by atoms with van der Waals surface area (Å²) in [6, 6.07) is -0.0140. The summed E-state index contributed by atoms with van der Waals surface area (Å²) >= 11 is 1.76. The average molecular weight is 272 g/mol. The molecule has 2 aliphatic rings. The van der Waals surface area contributed by atoms with Crippen LogP contribution in [-0.4, -0.2) is 47.3 Å². The minimum absolute atomic E-state index is 0.0140. The third kappa shape index (κ3) is 4.44. The van der Waals surface area contributed by atoms with Gasteiger partial charge in [0.25, 0.3) is 0 Å². The van der Waals surface area contributed by atoms with E-state index in [0.29, 0.717) is 11.0 Å². The molecule has 1 amide bonds. The van der Waals surface area contributed by atoms with Gasteiger partial charge in [0.05, 0.1) is 17.9 Å². The van der Waals surface area contributed by atoms with E-state index < -0.39 is 0 Å². The summed E-state index contributed by atoms with van der Waals surface area (Å²) in [5, 5.41) is 16.7. The second-order valence-corrected chi connectivity index (χ2v) is 6.57. The maximum atomic E-state index is 11.8. The van der Waals surface area contributed by atoms with Gasteiger partial charge in [-0.1, -0.05) is 12.8 Å². The first-order valence-electron chi connectivity index (χ1n) is 7.05. The van der Waals surface area contributed by atoms with Crippen LogP contribution >= 0.6 is 11.8 Å². The Morgan fingerprint density at radius 3 is 2.67 bits per heavy atom. The van der Waals surface area contributed by atoms with Crippen molar-refractivity contribution in [2.45, 2.75) is 55.9 Å². The van der Waals surface area contributed by atoms with Crippen LogP contribution in [0, 0.1) is 0 Å². The van der Waals surface area contributed by atoms with Crippen LogP contribution in [-0.2, 0) is 4.79 Å². The lowest BCUT2D eigenvalue weighted by molar-refractivity contribution is -0.120. The van der Waals surface area contributed by atoms with E-state index in [4.69, 9.17) is 0 Å². The zero-order chi connectivity index (χ0) is 12.8. The lowest BCUT2D eigenvalue weighted by Gasteiger charge is -2.28. The van der Waals surface area contributed by atoms with Crippen LogP contribution < -0.4 is 10.6 Å². The maximum absolute atomic E-state index is 11.8. The minimum atomic E-state index is -0.341. The van der Waals surface area contributed by atoms with Gasteiger partial charge in [-0.3, -0.25) is 4.79 Å². The van der Waals surface area contributed by atoms with Crippen LogP contribution in [0.3, 0.4) is 0 Å². The molecule has 2 atom stereocenters. The summed E-state index contributed by atoms with van der Waals surface area (Å²) in [6.07, 6.45) is 5.91. The molecule has 1 saturated heterocycles. The molecule has 0 aromatic heterocycles. The number of carbonyl (C=O) groups excluding carboxylic acids is 1. The summed E-state index contributed by atoms with van der Waals surface area (Å²) in [6.45, 7) is 2.14. The van der Waals surface area contributed by atoms with Gasteiger partial charge < -0.3 is 15.7 Å². The molecule has 18 heavy (non-hydrogen) atoms. The van der Waals surface area contributed by atoms with Gasteiger partial charge in [-0.2, -0.15) is 0 Å². The summed E-state index contributed by atoms with van der Waals surface area (Å²) in [7, 11) is 0. The normalized spacial score (nSPS) is 30.1. The van der Waals surface area contributed by atoms with Crippen molar-refractivity contribution in [1.82, 2.24) is 10.6 Å². The third-order valence-corrected chi connectivity index (χ3v) is 5.18. The van der Waals surface area contributed by atoms with Gasteiger partial charge >= 0.3 is 0 Å². The molecule has 4 nitrogen and oxygen atoms in total. The first kappa shape index (κ1) is 14.2. The molecule has 0 bridgehead atoms. The molecular weight excluding hydrogens is 248 g/mol. The molecule has 1 saturated carbocycles. The monoisotopic (exact) mass is 272 g/mol. The number of aliphatic hydroxyl groups is 1. The van der Waals surface area contributed by atoms with Gasteiger partial charge in [-0.15, -0.1) is 11.8 Å². The Hall–Kier alpha value is -0.260. The van der Waals surface area contributed by atoms with Crippen molar-refractivity contribution in [2.24, 2.45) is 0 Å². The smallest absolute Gasteiger partial charge is 0.230 e. The van der Waals surface area contributed by atoms with E-state index in [-0.39, 0.29) is 18.1 Å². The van der Waals surface area contributed by atoms with Crippen LogP contribution in [0.4, 0.5) is 0 Å². The fraction of sp³-hybridized carbons (Fsp3) is 0.923. The quantitative estimate of drug-likeness (QED) is 0.711. The van der Waals surface area contributed by atoms with Crippen LogP contribution in [0.5, 0.6) is 0 Å². The van der Waals surface area contributed by atoms with Crippen molar-refractivity contribution in [2.75, 3.05) is 18.8 Å². The Balaban J connectivity index is 1.64. The molecule has 104 valence electrons. The number of aliphatic hydroxyl groups excluding tert-OH is 1. The Labute approximate surface area is 113 Å². The van der Waals surface area contributed by atoms with Crippen molar-refractivity contribution in [1.29, 1.82) is 0 Å². The standard InChI is InChI=1S/C13H24N2O2S/c16-12-4-2-1-3-11(12)15-13(17)9-18-10-5-7-14-8-6-10/h10-12,14,16H,1-9H2,(H,15,17)/t11-,12-/m0/s1. The fourth-order valence-corrected chi connectivity index (χ4v) is 3.72. The second-order valence-electron chi connectivity index (χ2n) is 5.29. The molecule has 5 heteroatoms. The first-order valence-corrected chi connectivity index (χ1v) is 8.10. The second kappa shape index (κ2) is 7.36. The van der Waals surface area contributed by atoms with Gasteiger partial charge in [0.1, 0.15) is 0 Å². The molecule has 3 N–H and O–H groups in total. The number of amides is 1. The number of thioether (sulfide) groups is 1. The Bertz CT molecular complexity index is 270. The zero-order valence-electron chi connectivity index (χ0n) is 10.9. The van der Waals surface area contributed by atoms with Gasteiger partial charge in [0.15, 0.2) is 0 Å². The van der Waals surface area contributed by atoms with E-state index >= 15 is 0 Å². The lowest BCUT2D eigenvalue weighted by atomic mass is 9.93. The Morgan fingerprint density at radius 2 is 1.94 bits per heavy atom. The topological polar surface area (TPSA) is 61.4 Å². The zero-order valence-corrected chi connectivity index (χ0v) is 11.7. The summed E-state index contributed by atoms with van der Waals surface area (Å²) < 4.78 is 0. The van der Waals surface area contributed by atoms with E-state index in [1.54, 1.807) is 11.8 Å². The molecule has 2 fully saturated rings. The Morgan fingerprint density at radius 1 is 1.22 bits per heavy atom. The van der Waals surface area contributed by atoms with Crippen LogP contribution in [0.2, 0.25) is 0 Å². The third-order valence-electron chi connectivity index (χ3n) is 3.81. The number of hydrogen-bond acceptors (Lipinski definition) is 4. The van der Waals surface area contributed by atoms with E-state index in [1.165, 1.54) is 0 Å². The van der Waals surface area contributed by atoms with Gasteiger partial charge in [-0.05, 0) is 38.8 Å². The molecule has 0 unspecified atom stereocenters. The van der Waals surface area contributed by atoms with Crippen LogP contribution in [0.25, 0.3) is 0 Å². The highest BCUT2D eigenvalue weighted by Crippen LogP contribution is 2.21. The van der Waals surface area contributed by atoms with Gasteiger partial charge in [0, 0.05) is 5.25 Å². The largest absolute Gasteiger partial charge is 0.391 e. The van der Waals surface area contributed by atoms with Crippen molar-refractivity contribution in [3.05, 3.63) is 0 Å². The van der Waals surface area contributed by atoms with E-state index in [9.17, 15) is 9.90 Å². The van der Waals surface area contributed by atoms with E-state index in [0.717, 1.165) is 51.6 Å². The van der Waals surface area contributed by atoms with Crippen molar-refractivity contribution >= 4 is 17.7 Å². The highest BCUT2D eigenvalue weighted by Gasteiger charge is 2.24. The van der Waals surface area contributed by atoms with Crippen LogP contribution in [0.1, 0.15) is 38.5 Å². The molecular formula is C13H24N2O2S. The number of piperidine rings is 1. The predicted molar refractivity (Wildman–Crippen MR) is 74.8 cm³/mol. The van der Waals surface area contributed by atoms with E-state index in [2.05, 4.69) is 10.6 Å². The number of hydrogen-bond donors (Lipinski definition) is 3. The molecule has 1 aliphatic carbocycles. The van der Waals surface area contributed by atoms with Gasteiger partial charge in [0.2, 0.25) is 5.91 Å². The average Bonchev–Trinajstić information content (AvgIpc) is 2.40. The summed E-state index contributed by atoms with van der Waals surface area (Å²) in [5.41, 5.74) is 0. The molecule has 0 aromatic rings. The Kier molecular flexibility index (Phi) is 5.79. The molecule has 0 aromatic carbocycles. The van der Waals surface area contributed by atoms with Crippen molar-refractivity contribution in [3.63, 3.8) is 0 Å². The van der Waals surface area contributed by atoms with Crippen molar-refractivity contribution in [3.8, 4) is 0 Å². The molecule has 1 heterocycles. The molecule has 0 spiro atoms. The summed E-state index contributed by atoms with van der Waals surface area (Å²) in [5.74, 6) is 0.623. The summed E-state index contributed by atoms with van der Waals surface area (Å²) in [4.78, 5) is 11.8. The predicted octanol–water partition coefficient (Wildman–Crippen LogP) is 0.891. The molecule has 2 rings (SSSR count).